The fraction of sp³-hybridized carbons (Fsp3) is 0.333. The maximum atomic E-state index is 12.1. The van der Waals surface area contributed by atoms with Gasteiger partial charge in [0.15, 0.2) is 11.5 Å². The molecule has 0 saturated carbocycles. The number of furan rings is 1. The van der Waals surface area contributed by atoms with Crippen molar-refractivity contribution in [1.82, 2.24) is 5.43 Å². The number of halogens is 1. The van der Waals surface area contributed by atoms with Crippen molar-refractivity contribution >= 4 is 23.7 Å². The predicted octanol–water partition coefficient (Wildman–Crippen LogP) is 4.11. The molecule has 0 aliphatic rings. The third kappa shape index (κ3) is 4.76. The summed E-state index contributed by atoms with van der Waals surface area (Å²) >= 11 is 6.24. The van der Waals surface area contributed by atoms with Crippen molar-refractivity contribution in [3.8, 4) is 11.5 Å². The van der Waals surface area contributed by atoms with Crippen LogP contribution in [-0.4, -0.2) is 25.8 Å². The number of hydrazone groups is 1. The summed E-state index contributed by atoms with van der Waals surface area (Å²) in [6.45, 7) is 6.06. The van der Waals surface area contributed by atoms with Crippen LogP contribution >= 0.6 is 11.6 Å². The molecule has 0 radical (unpaired) electrons. The van der Waals surface area contributed by atoms with Gasteiger partial charge in [-0.25, -0.2) is 5.43 Å². The maximum absolute atomic E-state index is 12.1. The topological polar surface area (TPSA) is 73.1 Å². The van der Waals surface area contributed by atoms with Gasteiger partial charge in [-0.1, -0.05) is 18.5 Å². The quantitative estimate of drug-likeness (QED) is 0.592. The Bertz CT molecular complexity index is 784. The van der Waals surface area contributed by atoms with Gasteiger partial charge in [-0.3, -0.25) is 4.79 Å². The average Bonchev–Trinajstić information content (AvgIpc) is 2.91. The van der Waals surface area contributed by atoms with Gasteiger partial charge in [-0.15, -0.1) is 0 Å². The number of rotatable bonds is 7. The Balaban J connectivity index is 2.11. The highest BCUT2D eigenvalue weighted by atomic mass is 35.5. The van der Waals surface area contributed by atoms with Crippen molar-refractivity contribution in [2.45, 2.75) is 27.2 Å². The molecule has 0 spiro atoms. The first-order chi connectivity index (χ1) is 12.0. The lowest BCUT2D eigenvalue weighted by molar-refractivity contribution is 0.0953. The van der Waals surface area contributed by atoms with E-state index < -0.39 is 0 Å². The van der Waals surface area contributed by atoms with E-state index >= 15 is 0 Å². The second kappa shape index (κ2) is 8.58. The van der Waals surface area contributed by atoms with Crippen LogP contribution in [0.3, 0.4) is 0 Å². The molecule has 25 heavy (non-hydrogen) atoms. The second-order valence-corrected chi connectivity index (χ2v) is 5.82. The molecule has 1 N–H and O–H groups in total. The van der Waals surface area contributed by atoms with Crippen LogP contribution in [0.4, 0.5) is 0 Å². The van der Waals surface area contributed by atoms with Gasteiger partial charge in [-0.2, -0.15) is 5.10 Å². The lowest BCUT2D eigenvalue weighted by atomic mass is 10.2. The Kier molecular flexibility index (Phi) is 6.47. The number of nitrogens with one attached hydrogen (secondary N) is 1. The third-order valence-corrected chi connectivity index (χ3v) is 3.65. The van der Waals surface area contributed by atoms with Crippen LogP contribution in [0.1, 0.15) is 40.8 Å². The molecule has 0 fully saturated rings. The van der Waals surface area contributed by atoms with Crippen LogP contribution in [0.5, 0.6) is 11.5 Å². The van der Waals surface area contributed by atoms with Crippen LogP contribution in [0.15, 0.2) is 27.7 Å². The summed E-state index contributed by atoms with van der Waals surface area (Å²) in [7, 11) is 1.54. The summed E-state index contributed by atoms with van der Waals surface area (Å²) in [4.78, 5) is 12.1. The lowest BCUT2D eigenvalue weighted by Gasteiger charge is -2.12. The van der Waals surface area contributed by atoms with Crippen molar-refractivity contribution in [2.24, 2.45) is 5.10 Å². The van der Waals surface area contributed by atoms with Crippen molar-refractivity contribution in [3.05, 3.63) is 45.9 Å². The van der Waals surface area contributed by atoms with Gasteiger partial charge in [0.1, 0.15) is 11.5 Å². The Morgan fingerprint density at radius 1 is 1.36 bits per heavy atom. The zero-order valence-electron chi connectivity index (χ0n) is 14.7. The molecule has 1 aromatic heterocycles. The smallest absolute Gasteiger partial charge is 0.274 e. The van der Waals surface area contributed by atoms with Crippen molar-refractivity contribution in [2.75, 3.05) is 13.7 Å². The second-order valence-electron chi connectivity index (χ2n) is 5.41. The number of carbonyl (C=O) groups excluding carboxylic acids is 1. The number of ether oxygens (including phenoxy) is 2. The van der Waals surface area contributed by atoms with Gasteiger partial charge in [0.2, 0.25) is 0 Å². The van der Waals surface area contributed by atoms with Gasteiger partial charge in [0.05, 0.1) is 30.5 Å². The fourth-order valence-corrected chi connectivity index (χ4v) is 2.51. The van der Waals surface area contributed by atoms with Gasteiger partial charge in [-0.05, 0) is 44.0 Å². The van der Waals surface area contributed by atoms with Crippen LogP contribution in [0.2, 0.25) is 5.02 Å². The average molecular weight is 365 g/mol. The Morgan fingerprint density at radius 2 is 2.12 bits per heavy atom. The van der Waals surface area contributed by atoms with E-state index in [2.05, 4.69) is 10.5 Å². The lowest BCUT2D eigenvalue weighted by Crippen LogP contribution is -2.17. The SMILES string of the molecule is CCCOc1c(Cl)cc(/C=N\NC(=O)c2cc(C)oc2C)cc1OC. The first-order valence-electron chi connectivity index (χ1n) is 7.87. The highest BCUT2D eigenvalue weighted by Gasteiger charge is 2.13. The normalized spacial score (nSPS) is 10.9. The number of methoxy groups -OCH3 is 1. The van der Waals surface area contributed by atoms with E-state index in [4.69, 9.17) is 25.5 Å². The van der Waals surface area contributed by atoms with Crippen molar-refractivity contribution in [1.29, 1.82) is 0 Å². The molecule has 0 bridgehead atoms. The molecule has 6 nitrogen and oxygen atoms in total. The Morgan fingerprint density at radius 3 is 2.72 bits per heavy atom. The molecule has 0 aliphatic heterocycles. The van der Waals surface area contributed by atoms with E-state index in [0.29, 0.717) is 45.8 Å². The third-order valence-electron chi connectivity index (χ3n) is 3.37. The van der Waals surface area contributed by atoms with E-state index in [1.807, 2.05) is 6.92 Å². The van der Waals surface area contributed by atoms with E-state index in [1.54, 1.807) is 32.0 Å². The van der Waals surface area contributed by atoms with Gasteiger partial charge in [0.25, 0.3) is 5.91 Å². The van der Waals surface area contributed by atoms with Crippen molar-refractivity contribution < 1.29 is 18.7 Å². The maximum Gasteiger partial charge on any atom is 0.274 e. The molecule has 0 unspecified atom stereocenters. The number of carbonyl (C=O) groups is 1. The zero-order chi connectivity index (χ0) is 18.4. The number of benzene rings is 1. The predicted molar refractivity (Wildman–Crippen MR) is 97.0 cm³/mol. The summed E-state index contributed by atoms with van der Waals surface area (Å²) in [6.07, 6.45) is 2.35. The van der Waals surface area contributed by atoms with E-state index in [1.165, 1.54) is 13.3 Å². The highest BCUT2D eigenvalue weighted by molar-refractivity contribution is 6.32. The minimum Gasteiger partial charge on any atom is -0.493 e. The Labute approximate surface area is 151 Å². The molecule has 1 aromatic carbocycles. The summed E-state index contributed by atoms with van der Waals surface area (Å²) in [5.74, 6) is 1.89. The minimum atomic E-state index is -0.341. The largest absolute Gasteiger partial charge is 0.493 e. The van der Waals surface area contributed by atoms with Gasteiger partial charge >= 0.3 is 0 Å². The van der Waals surface area contributed by atoms with Crippen LogP contribution in [-0.2, 0) is 0 Å². The molecule has 0 atom stereocenters. The molecular weight excluding hydrogens is 344 g/mol. The molecule has 7 heteroatoms. The molecule has 1 amide bonds. The van der Waals surface area contributed by atoms with E-state index in [-0.39, 0.29) is 5.91 Å². The summed E-state index contributed by atoms with van der Waals surface area (Å²) < 4.78 is 16.2. The summed E-state index contributed by atoms with van der Waals surface area (Å²) in [5, 5.41) is 4.37. The monoisotopic (exact) mass is 364 g/mol. The molecule has 1 heterocycles. The zero-order valence-corrected chi connectivity index (χ0v) is 15.4. The van der Waals surface area contributed by atoms with Crippen LogP contribution < -0.4 is 14.9 Å². The molecule has 2 rings (SSSR count). The number of hydrogen-bond acceptors (Lipinski definition) is 5. The number of hydrogen-bond donors (Lipinski definition) is 1. The highest BCUT2D eigenvalue weighted by Crippen LogP contribution is 2.36. The standard InChI is InChI=1S/C18H21ClN2O4/c1-5-6-24-17-15(19)8-13(9-16(17)23-4)10-20-21-18(22)14-7-11(2)25-12(14)3/h7-10H,5-6H2,1-4H3,(H,21,22)/b20-10-. The van der Waals surface area contributed by atoms with Crippen LogP contribution in [0.25, 0.3) is 0 Å². The first kappa shape index (κ1) is 18.9. The Hall–Kier alpha value is -2.47. The minimum absolute atomic E-state index is 0.341. The summed E-state index contributed by atoms with van der Waals surface area (Å²) in [5.41, 5.74) is 3.59. The summed E-state index contributed by atoms with van der Waals surface area (Å²) in [6, 6.07) is 5.09. The van der Waals surface area contributed by atoms with Gasteiger partial charge in [0, 0.05) is 0 Å². The molecule has 134 valence electrons. The molecular formula is C18H21ClN2O4. The number of amides is 1. The fourth-order valence-electron chi connectivity index (χ4n) is 2.24. The van der Waals surface area contributed by atoms with E-state index in [0.717, 1.165) is 6.42 Å². The number of aryl methyl sites for hydroxylation is 2. The molecule has 0 aliphatic carbocycles. The van der Waals surface area contributed by atoms with Gasteiger partial charge < -0.3 is 13.9 Å². The first-order valence-corrected chi connectivity index (χ1v) is 8.24. The molecule has 2 aromatic rings. The van der Waals surface area contributed by atoms with E-state index in [9.17, 15) is 4.79 Å². The van der Waals surface area contributed by atoms with Crippen LogP contribution in [0, 0.1) is 13.8 Å². The molecule has 0 saturated heterocycles. The van der Waals surface area contributed by atoms with Crippen molar-refractivity contribution in [3.63, 3.8) is 0 Å². The number of nitrogens with zero attached hydrogens (tertiary/aromatic N) is 1.